The highest BCUT2D eigenvalue weighted by Crippen LogP contribution is 2.13. The zero-order valence-corrected chi connectivity index (χ0v) is 5.65. The molecule has 0 amide bonds. The van der Waals surface area contributed by atoms with E-state index >= 15 is 0 Å². The molecule has 9 heavy (non-hydrogen) atoms. The first-order valence-corrected chi connectivity index (χ1v) is 3.09. The summed E-state index contributed by atoms with van der Waals surface area (Å²) in [5, 5.41) is 14.3. The second kappa shape index (κ2) is 2.66. The molecule has 0 aromatic heterocycles. The van der Waals surface area contributed by atoms with Crippen LogP contribution in [0.3, 0.4) is 0 Å². The molecule has 4 heteroatoms. The Balaban J connectivity index is 2.29. The predicted molar refractivity (Wildman–Crippen MR) is 33.0 cm³/mol. The van der Waals surface area contributed by atoms with Crippen molar-refractivity contribution >= 4 is 0 Å². The topological polar surface area (TPSA) is 49.4 Å². The van der Waals surface area contributed by atoms with Gasteiger partial charge in [0.05, 0.1) is 0 Å². The van der Waals surface area contributed by atoms with Crippen LogP contribution < -0.4 is 0 Å². The molecule has 0 saturated carbocycles. The third kappa shape index (κ3) is 1.87. The summed E-state index contributed by atoms with van der Waals surface area (Å²) in [5.41, 5.74) is 0. The van der Waals surface area contributed by atoms with Gasteiger partial charge in [-0.1, -0.05) is 13.8 Å². The molecule has 1 heterocycles. The summed E-state index contributed by atoms with van der Waals surface area (Å²) in [6.07, 6.45) is 0.956. The number of nitrogens with zero attached hydrogens (tertiary/aromatic N) is 4. The van der Waals surface area contributed by atoms with Crippen LogP contribution in [0.5, 0.6) is 0 Å². The van der Waals surface area contributed by atoms with E-state index in [9.17, 15) is 0 Å². The smallest absolute Gasteiger partial charge is 0.138 e. The van der Waals surface area contributed by atoms with Crippen molar-refractivity contribution in [3.8, 4) is 0 Å². The first-order valence-electron chi connectivity index (χ1n) is 3.09. The van der Waals surface area contributed by atoms with Crippen molar-refractivity contribution in [2.75, 3.05) is 0 Å². The summed E-state index contributed by atoms with van der Waals surface area (Å²) in [6, 6.07) is 0. The van der Waals surface area contributed by atoms with E-state index in [4.69, 9.17) is 0 Å². The highest BCUT2D eigenvalue weighted by molar-refractivity contribution is 4.62. The van der Waals surface area contributed by atoms with Gasteiger partial charge in [0.15, 0.2) is 6.17 Å². The Hall–Kier alpha value is -0.800. The van der Waals surface area contributed by atoms with E-state index in [1.807, 2.05) is 0 Å². The Morgan fingerprint density at radius 3 is 2.22 bits per heavy atom. The summed E-state index contributed by atoms with van der Waals surface area (Å²) in [7, 11) is 0. The van der Waals surface area contributed by atoms with E-state index in [0.29, 0.717) is 5.92 Å². The minimum absolute atomic E-state index is 0.00463. The molecule has 0 aromatic rings. The van der Waals surface area contributed by atoms with E-state index in [1.54, 1.807) is 0 Å². The molecule has 1 rings (SSSR count). The first kappa shape index (κ1) is 6.32. The molecule has 0 fully saturated rings. The molecule has 1 aliphatic heterocycles. The van der Waals surface area contributed by atoms with Crippen LogP contribution in [0.2, 0.25) is 0 Å². The SMILES string of the molecule is CC(C)CC1N=NN=N1. The zero-order valence-electron chi connectivity index (χ0n) is 5.65. The standard InChI is InChI=1S/C5H10N4/c1-4(2)3-5-6-8-9-7-5/h4-5H,3H2,1-2H3. The fourth-order valence-electron chi connectivity index (χ4n) is 0.704. The molecule has 4 nitrogen and oxygen atoms in total. The summed E-state index contributed by atoms with van der Waals surface area (Å²) < 4.78 is 0. The Bertz CT molecular complexity index is 126. The van der Waals surface area contributed by atoms with E-state index < -0.39 is 0 Å². The van der Waals surface area contributed by atoms with Crippen LogP contribution in [-0.2, 0) is 0 Å². The van der Waals surface area contributed by atoms with Crippen LogP contribution in [0.1, 0.15) is 20.3 Å². The molecule has 0 aliphatic carbocycles. The van der Waals surface area contributed by atoms with Crippen LogP contribution in [-0.4, -0.2) is 6.17 Å². The van der Waals surface area contributed by atoms with Gasteiger partial charge >= 0.3 is 0 Å². The Morgan fingerprint density at radius 1 is 1.22 bits per heavy atom. The summed E-state index contributed by atoms with van der Waals surface area (Å²) in [5.74, 6) is 0.617. The van der Waals surface area contributed by atoms with Crippen molar-refractivity contribution in [2.24, 2.45) is 26.6 Å². The predicted octanol–water partition coefficient (Wildman–Crippen LogP) is 2.19. The number of hydrogen-bond donors (Lipinski definition) is 0. The van der Waals surface area contributed by atoms with Crippen molar-refractivity contribution in [2.45, 2.75) is 26.4 Å². The number of rotatable bonds is 2. The monoisotopic (exact) mass is 126 g/mol. The Kier molecular flexibility index (Phi) is 1.87. The molecule has 0 spiro atoms. The van der Waals surface area contributed by atoms with Crippen molar-refractivity contribution in [3.63, 3.8) is 0 Å². The van der Waals surface area contributed by atoms with Gasteiger partial charge < -0.3 is 0 Å². The molecule has 0 saturated heterocycles. The quantitative estimate of drug-likeness (QED) is 0.544. The van der Waals surface area contributed by atoms with Crippen molar-refractivity contribution in [1.29, 1.82) is 0 Å². The van der Waals surface area contributed by atoms with Gasteiger partial charge in [-0.25, -0.2) is 0 Å². The summed E-state index contributed by atoms with van der Waals surface area (Å²) in [6.45, 7) is 4.26. The second-order valence-electron chi connectivity index (χ2n) is 2.52. The van der Waals surface area contributed by atoms with E-state index in [-0.39, 0.29) is 6.17 Å². The normalized spacial score (nSPS) is 18.1. The maximum Gasteiger partial charge on any atom is 0.185 e. The average Bonchev–Trinajstić information content (AvgIpc) is 2.15. The maximum atomic E-state index is 3.77. The summed E-state index contributed by atoms with van der Waals surface area (Å²) in [4.78, 5) is 0. The van der Waals surface area contributed by atoms with Crippen LogP contribution in [0.15, 0.2) is 20.7 Å². The maximum absolute atomic E-state index is 3.77. The van der Waals surface area contributed by atoms with Crippen molar-refractivity contribution < 1.29 is 0 Å². The van der Waals surface area contributed by atoms with Crippen LogP contribution >= 0.6 is 0 Å². The van der Waals surface area contributed by atoms with Crippen LogP contribution in [0, 0.1) is 5.92 Å². The molecule has 0 aromatic carbocycles. The molecular formula is C5H10N4. The van der Waals surface area contributed by atoms with Gasteiger partial charge in [0.1, 0.15) is 0 Å². The molecule has 0 radical (unpaired) electrons. The van der Waals surface area contributed by atoms with Crippen LogP contribution in [0.4, 0.5) is 0 Å². The molecule has 0 N–H and O–H groups in total. The van der Waals surface area contributed by atoms with E-state index in [0.717, 1.165) is 6.42 Å². The van der Waals surface area contributed by atoms with Gasteiger partial charge in [-0.2, -0.15) is 0 Å². The minimum atomic E-state index is 0.00463. The third-order valence-electron chi connectivity index (χ3n) is 1.09. The molecular weight excluding hydrogens is 116 g/mol. The third-order valence-corrected chi connectivity index (χ3v) is 1.09. The van der Waals surface area contributed by atoms with Crippen LogP contribution in [0.25, 0.3) is 0 Å². The van der Waals surface area contributed by atoms with Crippen molar-refractivity contribution in [3.05, 3.63) is 0 Å². The lowest BCUT2D eigenvalue weighted by Gasteiger charge is -2.02. The largest absolute Gasteiger partial charge is 0.185 e. The first-order chi connectivity index (χ1) is 4.29. The molecule has 0 atom stereocenters. The molecule has 1 aliphatic rings. The van der Waals surface area contributed by atoms with Gasteiger partial charge in [0.2, 0.25) is 0 Å². The molecule has 50 valence electrons. The minimum Gasteiger partial charge on any atom is -0.138 e. The van der Waals surface area contributed by atoms with E-state index in [2.05, 4.69) is 34.5 Å². The lowest BCUT2D eigenvalue weighted by atomic mass is 10.1. The highest BCUT2D eigenvalue weighted by Gasteiger charge is 2.10. The second-order valence-corrected chi connectivity index (χ2v) is 2.52. The fourth-order valence-corrected chi connectivity index (χ4v) is 0.704. The zero-order chi connectivity index (χ0) is 6.69. The summed E-state index contributed by atoms with van der Waals surface area (Å²) >= 11 is 0. The van der Waals surface area contributed by atoms with Crippen molar-refractivity contribution in [1.82, 2.24) is 0 Å². The lowest BCUT2D eigenvalue weighted by Crippen LogP contribution is -2.01. The molecule has 0 bridgehead atoms. The highest BCUT2D eigenvalue weighted by atomic mass is 15.6. The van der Waals surface area contributed by atoms with Gasteiger partial charge in [0.25, 0.3) is 0 Å². The average molecular weight is 126 g/mol. The number of hydrogen-bond acceptors (Lipinski definition) is 4. The van der Waals surface area contributed by atoms with E-state index in [1.165, 1.54) is 0 Å². The Morgan fingerprint density at radius 2 is 1.78 bits per heavy atom. The molecule has 0 unspecified atom stereocenters. The van der Waals surface area contributed by atoms with Gasteiger partial charge in [-0.3, -0.25) is 0 Å². The fraction of sp³-hybridized carbons (Fsp3) is 1.00. The van der Waals surface area contributed by atoms with Gasteiger partial charge in [0, 0.05) is 0 Å². The van der Waals surface area contributed by atoms with Gasteiger partial charge in [-0.05, 0) is 22.8 Å². The Labute approximate surface area is 54.1 Å². The van der Waals surface area contributed by atoms with Gasteiger partial charge in [-0.15, -0.1) is 10.2 Å². The lowest BCUT2D eigenvalue weighted by molar-refractivity contribution is 0.506.